The molecule has 0 saturated heterocycles. The zero-order chi connectivity index (χ0) is 29.3. The predicted molar refractivity (Wildman–Crippen MR) is 156 cm³/mol. The molecule has 4 nitrogen and oxygen atoms in total. The molecule has 1 saturated carbocycles. The molecule has 1 aromatic heterocycles. The molecule has 0 N–H and O–H groups in total. The Morgan fingerprint density at radius 2 is 1.49 bits per heavy atom. The van der Waals surface area contributed by atoms with Crippen LogP contribution in [0.3, 0.4) is 0 Å². The molecule has 1 aliphatic rings. The SMILES string of the molecule is CC(C)(C)[Si](OCc1cc(-c2cnc(C3(C#N)CCC3)cn2)ccc1C(F)(F)F)(c1ccccc1)c1ccccc1. The summed E-state index contributed by atoms with van der Waals surface area (Å²) < 4.78 is 49.6. The van der Waals surface area contributed by atoms with Gasteiger partial charge in [-0.05, 0) is 52.4 Å². The maximum atomic E-state index is 14.2. The maximum Gasteiger partial charge on any atom is 0.416 e. The third-order valence-corrected chi connectivity index (χ3v) is 13.1. The average Bonchev–Trinajstić information content (AvgIpc) is 2.93. The number of rotatable bonds is 7. The number of alkyl halides is 3. The van der Waals surface area contributed by atoms with Gasteiger partial charge in [-0.3, -0.25) is 9.97 Å². The van der Waals surface area contributed by atoms with Crippen LogP contribution < -0.4 is 10.4 Å². The van der Waals surface area contributed by atoms with Crippen LogP contribution in [0.4, 0.5) is 13.2 Å². The Balaban J connectivity index is 1.56. The molecule has 1 heterocycles. The lowest BCUT2D eigenvalue weighted by Crippen LogP contribution is -2.66. The highest BCUT2D eigenvalue weighted by molar-refractivity contribution is 6.99. The van der Waals surface area contributed by atoms with Gasteiger partial charge in [0.05, 0.1) is 42.0 Å². The van der Waals surface area contributed by atoms with Gasteiger partial charge in [-0.2, -0.15) is 18.4 Å². The van der Waals surface area contributed by atoms with Crippen molar-refractivity contribution in [3.05, 3.63) is 108 Å². The summed E-state index contributed by atoms with van der Waals surface area (Å²) in [6.45, 7) is 6.05. The zero-order valence-electron chi connectivity index (χ0n) is 23.4. The normalized spacial score (nSPS) is 15.1. The van der Waals surface area contributed by atoms with Gasteiger partial charge in [0.1, 0.15) is 5.41 Å². The molecule has 1 aliphatic carbocycles. The molecule has 0 atom stereocenters. The lowest BCUT2D eigenvalue weighted by molar-refractivity contribution is -0.138. The largest absolute Gasteiger partial charge is 0.416 e. The number of nitrogens with zero attached hydrogens (tertiary/aromatic N) is 3. The number of benzene rings is 3. The molecule has 0 aliphatic heterocycles. The average molecular weight is 572 g/mol. The summed E-state index contributed by atoms with van der Waals surface area (Å²) in [6.07, 6.45) is 1.01. The van der Waals surface area contributed by atoms with Gasteiger partial charge in [-0.15, -0.1) is 0 Å². The van der Waals surface area contributed by atoms with Gasteiger partial charge < -0.3 is 4.43 Å². The summed E-state index contributed by atoms with van der Waals surface area (Å²) >= 11 is 0. The first-order valence-corrected chi connectivity index (χ1v) is 15.6. The second kappa shape index (κ2) is 10.9. The first-order valence-electron chi connectivity index (χ1n) is 13.7. The number of hydrogen-bond donors (Lipinski definition) is 0. The Hall–Kier alpha value is -3.80. The van der Waals surface area contributed by atoms with E-state index in [0.29, 0.717) is 17.0 Å². The van der Waals surface area contributed by atoms with Crippen molar-refractivity contribution in [3.63, 3.8) is 0 Å². The molecule has 4 aromatic rings. The number of hydrogen-bond acceptors (Lipinski definition) is 4. The lowest BCUT2D eigenvalue weighted by Gasteiger charge is -2.43. The third-order valence-electron chi connectivity index (χ3n) is 8.13. The fourth-order valence-corrected chi connectivity index (χ4v) is 10.3. The molecule has 41 heavy (non-hydrogen) atoms. The van der Waals surface area contributed by atoms with Gasteiger partial charge in [0.2, 0.25) is 0 Å². The minimum Gasteiger partial charge on any atom is -0.403 e. The Morgan fingerprint density at radius 1 is 0.878 bits per heavy atom. The van der Waals surface area contributed by atoms with Crippen molar-refractivity contribution in [2.45, 2.75) is 63.3 Å². The molecule has 0 radical (unpaired) electrons. The molecular weight excluding hydrogens is 539 g/mol. The van der Waals surface area contributed by atoms with Gasteiger partial charge in [0.25, 0.3) is 8.32 Å². The monoisotopic (exact) mass is 571 g/mol. The van der Waals surface area contributed by atoms with Gasteiger partial charge >= 0.3 is 6.18 Å². The molecule has 210 valence electrons. The molecule has 0 amide bonds. The van der Waals surface area contributed by atoms with Crippen LogP contribution >= 0.6 is 0 Å². The van der Waals surface area contributed by atoms with Gasteiger partial charge in [-0.25, -0.2) is 0 Å². The molecule has 0 bridgehead atoms. The van der Waals surface area contributed by atoms with E-state index in [-0.39, 0.29) is 17.2 Å². The zero-order valence-corrected chi connectivity index (χ0v) is 24.4. The molecule has 8 heteroatoms. The number of nitriles is 1. The van der Waals surface area contributed by atoms with Crippen LogP contribution in [0.5, 0.6) is 0 Å². The van der Waals surface area contributed by atoms with E-state index in [2.05, 4.69) is 36.8 Å². The van der Waals surface area contributed by atoms with Crippen LogP contribution in [-0.2, 0) is 22.6 Å². The van der Waals surface area contributed by atoms with Gasteiger partial charge in [0, 0.05) is 5.56 Å². The van der Waals surface area contributed by atoms with E-state index in [9.17, 15) is 18.4 Å². The fourth-order valence-electron chi connectivity index (χ4n) is 5.78. The second-order valence-electron chi connectivity index (χ2n) is 11.7. The minimum atomic E-state index is -4.55. The van der Waals surface area contributed by atoms with Crippen LogP contribution in [0.25, 0.3) is 11.3 Å². The van der Waals surface area contributed by atoms with Crippen molar-refractivity contribution in [1.29, 1.82) is 5.26 Å². The first-order chi connectivity index (χ1) is 19.5. The van der Waals surface area contributed by atoms with Gasteiger partial charge in [0.15, 0.2) is 0 Å². The van der Waals surface area contributed by atoms with Crippen molar-refractivity contribution < 1.29 is 17.6 Å². The highest BCUT2D eigenvalue weighted by atomic mass is 28.4. The molecule has 3 aromatic carbocycles. The van der Waals surface area contributed by atoms with E-state index in [1.807, 2.05) is 60.7 Å². The molecular formula is C33H32F3N3OSi. The van der Waals surface area contributed by atoms with E-state index < -0.39 is 25.5 Å². The van der Waals surface area contributed by atoms with E-state index >= 15 is 0 Å². The summed E-state index contributed by atoms with van der Waals surface area (Å²) in [5.74, 6) is 0. The highest BCUT2D eigenvalue weighted by Gasteiger charge is 2.50. The summed E-state index contributed by atoms with van der Waals surface area (Å²) in [5, 5.41) is 11.2. The van der Waals surface area contributed by atoms with E-state index in [1.165, 1.54) is 12.1 Å². The third kappa shape index (κ3) is 5.32. The van der Waals surface area contributed by atoms with Crippen LogP contribution in [-0.4, -0.2) is 18.3 Å². The van der Waals surface area contributed by atoms with Crippen LogP contribution in [0.1, 0.15) is 56.9 Å². The molecule has 1 fully saturated rings. The predicted octanol–water partition coefficient (Wildman–Crippen LogP) is 7.18. The van der Waals surface area contributed by atoms with Crippen LogP contribution in [0.2, 0.25) is 5.04 Å². The van der Waals surface area contributed by atoms with Gasteiger partial charge in [-0.1, -0.05) is 87.5 Å². The Kier molecular flexibility index (Phi) is 7.62. The molecule has 0 spiro atoms. The maximum absolute atomic E-state index is 14.2. The highest BCUT2D eigenvalue weighted by Crippen LogP contribution is 2.42. The Morgan fingerprint density at radius 3 is 1.93 bits per heavy atom. The summed E-state index contributed by atoms with van der Waals surface area (Å²) in [4.78, 5) is 8.98. The number of aromatic nitrogens is 2. The fraction of sp³-hybridized carbons (Fsp3) is 0.303. The lowest BCUT2D eigenvalue weighted by atomic mass is 9.68. The number of halogens is 3. The minimum absolute atomic E-state index is 0.0429. The Bertz CT molecular complexity index is 1500. The standard InChI is InChI=1S/C33H32F3N3OSi/c1-31(2,3)41(26-11-6-4-7-12-26,27-13-8-5-9-14-27)40-22-25-19-24(15-16-28(25)33(34,35)36)29-20-39-30(21-38-29)32(23-37)17-10-18-32/h4-9,11-16,19-21H,10,17-18,22H2,1-3H3. The quantitative estimate of drug-likeness (QED) is 0.221. The molecule has 5 rings (SSSR count). The van der Waals surface area contributed by atoms with Crippen LogP contribution in [0.15, 0.2) is 91.3 Å². The van der Waals surface area contributed by atoms with Crippen molar-refractivity contribution in [1.82, 2.24) is 9.97 Å². The topological polar surface area (TPSA) is 58.8 Å². The first kappa shape index (κ1) is 28.7. The Labute approximate surface area is 240 Å². The second-order valence-corrected chi connectivity index (χ2v) is 16.0. The van der Waals surface area contributed by atoms with Crippen LogP contribution in [0, 0.1) is 11.3 Å². The van der Waals surface area contributed by atoms with E-state index in [4.69, 9.17) is 4.43 Å². The summed E-state index contributed by atoms with van der Waals surface area (Å²) in [5.41, 5.74) is 0.264. The smallest absolute Gasteiger partial charge is 0.403 e. The van der Waals surface area contributed by atoms with Crippen molar-refractivity contribution in [2.24, 2.45) is 0 Å². The van der Waals surface area contributed by atoms with Crippen molar-refractivity contribution in [2.75, 3.05) is 0 Å². The van der Waals surface area contributed by atoms with Crippen molar-refractivity contribution in [3.8, 4) is 17.3 Å². The summed E-state index contributed by atoms with van der Waals surface area (Å²) in [7, 11) is -3.07. The van der Waals surface area contributed by atoms with Crippen molar-refractivity contribution >= 4 is 18.7 Å². The summed E-state index contributed by atoms with van der Waals surface area (Å²) in [6, 6.07) is 26.1. The molecule has 0 unspecified atom stereocenters. The van der Waals surface area contributed by atoms with E-state index in [1.54, 1.807) is 12.4 Å². The van der Waals surface area contributed by atoms with E-state index in [0.717, 1.165) is 35.7 Å².